The molecule has 2 aromatic rings. The van der Waals surface area contributed by atoms with Crippen LogP contribution in [0.15, 0.2) is 35.9 Å². The third-order valence-electron chi connectivity index (χ3n) is 5.48. The topological polar surface area (TPSA) is 79.5 Å². The van der Waals surface area contributed by atoms with Crippen molar-refractivity contribution in [1.29, 1.82) is 5.26 Å². The first-order chi connectivity index (χ1) is 14.9. The molecule has 1 unspecified atom stereocenters. The smallest absolute Gasteiger partial charge is 0.262 e. The molecule has 0 aliphatic carbocycles. The Hall–Kier alpha value is -3.08. The number of aromatic nitrogens is 1. The minimum Gasteiger partial charge on any atom is -0.497 e. The quantitative estimate of drug-likeness (QED) is 0.548. The number of amides is 1. The summed E-state index contributed by atoms with van der Waals surface area (Å²) in [6.45, 7) is 9.83. The van der Waals surface area contributed by atoms with E-state index in [4.69, 9.17) is 9.47 Å². The fraction of sp³-hybridized carbons (Fsp3) is 0.417. The van der Waals surface area contributed by atoms with Crippen LogP contribution in [0.2, 0.25) is 0 Å². The number of nitrogens with one attached hydrogen (secondary N) is 1. The molecule has 1 fully saturated rings. The zero-order valence-electron chi connectivity index (χ0n) is 18.6. The van der Waals surface area contributed by atoms with Gasteiger partial charge in [-0.1, -0.05) is 0 Å². The van der Waals surface area contributed by atoms with Crippen LogP contribution in [0, 0.1) is 25.2 Å². The van der Waals surface area contributed by atoms with Crippen molar-refractivity contribution in [1.82, 2.24) is 14.8 Å². The second-order valence-electron chi connectivity index (χ2n) is 7.82. The third kappa shape index (κ3) is 5.54. The van der Waals surface area contributed by atoms with Crippen LogP contribution < -0.4 is 10.1 Å². The van der Waals surface area contributed by atoms with E-state index in [9.17, 15) is 10.1 Å². The summed E-state index contributed by atoms with van der Waals surface area (Å²) in [7, 11) is 1.64. The highest BCUT2D eigenvalue weighted by atomic mass is 16.5. The van der Waals surface area contributed by atoms with Gasteiger partial charge in [0.1, 0.15) is 17.4 Å². The molecule has 1 amide bonds. The molecule has 2 heterocycles. The molecule has 0 bridgehead atoms. The number of benzene rings is 1. The second-order valence-corrected chi connectivity index (χ2v) is 7.82. The number of methoxy groups -OCH3 is 1. The number of ether oxygens (including phenoxy) is 2. The summed E-state index contributed by atoms with van der Waals surface area (Å²) in [6, 6.07) is 11.8. The predicted molar refractivity (Wildman–Crippen MR) is 120 cm³/mol. The van der Waals surface area contributed by atoms with Gasteiger partial charge in [0, 0.05) is 42.8 Å². The molecule has 7 nitrogen and oxygen atoms in total. The minimum atomic E-state index is -0.350. The molecule has 7 heteroatoms. The largest absolute Gasteiger partial charge is 0.497 e. The number of carbonyl (C=O) groups excluding carboxylic acids is 1. The van der Waals surface area contributed by atoms with Crippen LogP contribution in [0.25, 0.3) is 11.8 Å². The predicted octanol–water partition coefficient (Wildman–Crippen LogP) is 2.85. The molecule has 0 saturated carbocycles. The van der Waals surface area contributed by atoms with Crippen LogP contribution in [0.4, 0.5) is 0 Å². The lowest BCUT2D eigenvalue weighted by Crippen LogP contribution is -2.46. The van der Waals surface area contributed by atoms with Crippen molar-refractivity contribution in [3.63, 3.8) is 0 Å². The van der Waals surface area contributed by atoms with E-state index in [0.29, 0.717) is 13.2 Å². The maximum Gasteiger partial charge on any atom is 0.262 e. The highest BCUT2D eigenvalue weighted by Crippen LogP contribution is 2.24. The van der Waals surface area contributed by atoms with Gasteiger partial charge in [0.25, 0.3) is 5.91 Å². The van der Waals surface area contributed by atoms with E-state index in [1.54, 1.807) is 13.2 Å². The summed E-state index contributed by atoms with van der Waals surface area (Å²) in [5.41, 5.74) is 3.93. The fourth-order valence-corrected chi connectivity index (χ4v) is 3.88. The average molecular weight is 423 g/mol. The van der Waals surface area contributed by atoms with Gasteiger partial charge in [-0.2, -0.15) is 5.26 Å². The number of aryl methyl sites for hydroxylation is 1. The van der Waals surface area contributed by atoms with Gasteiger partial charge >= 0.3 is 0 Å². The first-order valence-corrected chi connectivity index (χ1v) is 10.5. The molecule has 1 aromatic carbocycles. The van der Waals surface area contributed by atoms with E-state index in [2.05, 4.69) is 20.9 Å². The van der Waals surface area contributed by atoms with Gasteiger partial charge in [0.15, 0.2) is 0 Å². The first-order valence-electron chi connectivity index (χ1n) is 10.5. The number of rotatable bonds is 7. The summed E-state index contributed by atoms with van der Waals surface area (Å²) >= 11 is 0. The third-order valence-corrected chi connectivity index (χ3v) is 5.48. The maximum atomic E-state index is 12.7. The molecule has 1 N–H and O–H groups in total. The van der Waals surface area contributed by atoms with E-state index < -0.39 is 0 Å². The van der Waals surface area contributed by atoms with Crippen LogP contribution in [-0.4, -0.2) is 61.4 Å². The standard InChI is InChI=1S/C24H30N4O3/c1-17(16-27-9-11-31-12-10-27)26-24(29)21(15-25)14-20-13-18(2)28(19(20)3)22-5-7-23(30-4)8-6-22/h5-8,13-14,17H,9-12,16H2,1-4H3,(H,26,29)/b21-14-. The molecule has 3 rings (SSSR count). The lowest BCUT2D eigenvalue weighted by Gasteiger charge is -2.29. The molecular formula is C24H30N4O3. The van der Waals surface area contributed by atoms with E-state index in [1.165, 1.54) is 0 Å². The Balaban J connectivity index is 1.75. The Kier molecular flexibility index (Phi) is 7.50. The van der Waals surface area contributed by atoms with Gasteiger partial charge in [-0.3, -0.25) is 9.69 Å². The van der Waals surface area contributed by atoms with Gasteiger partial charge in [-0.05, 0) is 62.7 Å². The Morgan fingerprint density at radius 2 is 1.97 bits per heavy atom. The van der Waals surface area contributed by atoms with Crippen molar-refractivity contribution >= 4 is 12.0 Å². The van der Waals surface area contributed by atoms with Gasteiger partial charge in [-0.25, -0.2) is 0 Å². The molecule has 31 heavy (non-hydrogen) atoms. The summed E-state index contributed by atoms with van der Waals surface area (Å²) < 4.78 is 12.7. The highest BCUT2D eigenvalue weighted by molar-refractivity contribution is 6.02. The van der Waals surface area contributed by atoms with E-state index in [0.717, 1.165) is 48.0 Å². The Bertz CT molecular complexity index is 979. The van der Waals surface area contributed by atoms with E-state index in [1.807, 2.05) is 51.1 Å². The SMILES string of the molecule is COc1ccc(-n2c(C)cc(/C=C(/C#N)C(=O)NC(C)CN3CCOCC3)c2C)cc1. The van der Waals surface area contributed by atoms with Gasteiger partial charge in [-0.15, -0.1) is 0 Å². The normalized spacial score (nSPS) is 15.9. The van der Waals surface area contributed by atoms with E-state index in [-0.39, 0.29) is 17.5 Å². The Morgan fingerprint density at radius 3 is 2.58 bits per heavy atom. The maximum absolute atomic E-state index is 12.7. The minimum absolute atomic E-state index is 0.0610. The molecule has 164 valence electrons. The van der Waals surface area contributed by atoms with E-state index >= 15 is 0 Å². The van der Waals surface area contributed by atoms with Crippen LogP contribution >= 0.6 is 0 Å². The number of nitrogens with zero attached hydrogens (tertiary/aromatic N) is 3. The van der Waals surface area contributed by atoms with Crippen LogP contribution in [-0.2, 0) is 9.53 Å². The van der Waals surface area contributed by atoms with Crippen molar-refractivity contribution in [2.45, 2.75) is 26.8 Å². The monoisotopic (exact) mass is 422 g/mol. The fourth-order valence-electron chi connectivity index (χ4n) is 3.88. The molecule has 1 atom stereocenters. The number of nitriles is 1. The molecular weight excluding hydrogens is 392 g/mol. The molecule has 1 aliphatic heterocycles. The zero-order valence-corrected chi connectivity index (χ0v) is 18.6. The number of hydrogen-bond acceptors (Lipinski definition) is 5. The van der Waals surface area contributed by atoms with Gasteiger partial charge < -0.3 is 19.4 Å². The molecule has 1 aromatic heterocycles. The number of carbonyl (C=O) groups is 1. The van der Waals surface area contributed by atoms with Crippen molar-refractivity contribution in [3.8, 4) is 17.5 Å². The van der Waals surface area contributed by atoms with Crippen LogP contribution in [0.1, 0.15) is 23.9 Å². The lowest BCUT2D eigenvalue weighted by atomic mass is 10.1. The average Bonchev–Trinajstić information content (AvgIpc) is 3.05. The Labute approximate surface area is 183 Å². The number of hydrogen-bond donors (Lipinski definition) is 1. The van der Waals surface area contributed by atoms with Gasteiger partial charge in [0.05, 0.1) is 20.3 Å². The van der Waals surface area contributed by atoms with Crippen molar-refractivity contribution in [2.75, 3.05) is 40.0 Å². The Morgan fingerprint density at radius 1 is 1.29 bits per heavy atom. The zero-order chi connectivity index (χ0) is 22.4. The van der Waals surface area contributed by atoms with Crippen molar-refractivity contribution < 1.29 is 14.3 Å². The molecule has 0 spiro atoms. The summed E-state index contributed by atoms with van der Waals surface area (Å²) in [6.07, 6.45) is 1.67. The highest BCUT2D eigenvalue weighted by Gasteiger charge is 2.18. The summed E-state index contributed by atoms with van der Waals surface area (Å²) in [5.74, 6) is 0.443. The second kappa shape index (κ2) is 10.3. The molecule has 0 radical (unpaired) electrons. The summed E-state index contributed by atoms with van der Waals surface area (Å²) in [5, 5.41) is 12.6. The van der Waals surface area contributed by atoms with Crippen LogP contribution in [0.5, 0.6) is 5.75 Å². The number of morpholine rings is 1. The van der Waals surface area contributed by atoms with Crippen LogP contribution in [0.3, 0.4) is 0 Å². The summed E-state index contributed by atoms with van der Waals surface area (Å²) in [4.78, 5) is 15.0. The first kappa shape index (κ1) is 22.6. The molecule has 1 aliphatic rings. The van der Waals surface area contributed by atoms with Crippen molar-refractivity contribution in [3.05, 3.63) is 52.9 Å². The van der Waals surface area contributed by atoms with Gasteiger partial charge in [0.2, 0.25) is 0 Å². The molecule has 1 saturated heterocycles. The lowest BCUT2D eigenvalue weighted by molar-refractivity contribution is -0.117. The van der Waals surface area contributed by atoms with Crippen molar-refractivity contribution in [2.24, 2.45) is 0 Å².